The van der Waals surface area contributed by atoms with E-state index in [-0.39, 0.29) is 69.4 Å². The molecule has 0 radical (unpaired) electrons. The van der Waals surface area contributed by atoms with Crippen LogP contribution < -0.4 is 70.4 Å². The number of aliphatic imine (C=N–C) groups is 1. The van der Waals surface area contributed by atoms with Crippen molar-refractivity contribution in [2.45, 2.75) is 185 Å². The number of aliphatic hydroxyl groups excluding tert-OH is 1. The van der Waals surface area contributed by atoms with Crippen LogP contribution >= 0.6 is 0 Å². The van der Waals surface area contributed by atoms with E-state index in [0.717, 1.165) is 0 Å². The maximum absolute atomic E-state index is 14.2. The normalized spacial score (nSPS) is 24.9. The van der Waals surface area contributed by atoms with Crippen molar-refractivity contribution in [3.8, 4) is 0 Å². The molecule has 2 rings (SSSR count). The minimum Gasteiger partial charge on any atom is -0.481 e. The maximum Gasteiger partial charge on any atom is 0.303 e. The number of carbonyl (C=O) groups excluding carboxylic acids is 11. The number of rotatable bonds is 18. The Kier molecular flexibility index (Phi) is 31.1. The van der Waals surface area contributed by atoms with Crippen LogP contribution in [0.2, 0.25) is 0 Å². The Morgan fingerprint density at radius 3 is 1.73 bits per heavy atom. The van der Waals surface area contributed by atoms with Gasteiger partial charge in [0.25, 0.3) is 0 Å². The quantitative estimate of drug-likeness (QED) is 0.0373. The number of primary amides is 1. The minimum atomic E-state index is -1.66. The lowest BCUT2D eigenvalue weighted by Gasteiger charge is -2.28. The van der Waals surface area contributed by atoms with E-state index in [1.807, 2.05) is 13.8 Å². The molecule has 1 saturated heterocycles. The van der Waals surface area contributed by atoms with Crippen LogP contribution in [0, 0.1) is 11.8 Å². The molecule has 460 valence electrons. The molecule has 11 amide bonds. The topological polar surface area (TPSA) is 494 Å². The number of hydrogen-bond donors (Lipinski definition) is 16. The second kappa shape index (κ2) is 36.4. The molecule has 1 aromatic rings. The molecule has 19 N–H and O–H groups in total. The molecule has 1 aliphatic rings. The zero-order valence-electron chi connectivity index (χ0n) is 47.7. The molecule has 0 bridgehead atoms. The Hall–Kier alpha value is -7.96. The number of amides is 11. The van der Waals surface area contributed by atoms with Gasteiger partial charge in [0.1, 0.15) is 54.4 Å². The van der Waals surface area contributed by atoms with Gasteiger partial charge in [-0.05, 0) is 70.6 Å². The van der Waals surface area contributed by atoms with E-state index >= 15 is 0 Å². The number of guanidine groups is 1. The van der Waals surface area contributed by atoms with Crippen molar-refractivity contribution in [1.82, 2.24) is 63.1 Å². The van der Waals surface area contributed by atoms with E-state index in [0.29, 0.717) is 31.4 Å². The highest BCUT2D eigenvalue weighted by atomic mass is 16.5. The lowest BCUT2D eigenvalue weighted by molar-refractivity contribution is -0.139. The summed E-state index contributed by atoms with van der Waals surface area (Å²) in [5.41, 5.74) is 16.8. The standard InChI is InChI=1S/C51H86N16O15/c1-26(2)19-33-43(74)56-17-11-9-8-10-14-39(70)67-41(29(6)68)50(81)61-32(15-16-40(71)72)45(76)60-31(13-12-18-57-51(53)54)44(75)66-37(24-82-7)49(80)59-28(5)42(73)62-34(20-27(3)4)46(77)64-35(21-30-23-55-25-58-30)47(78)65-36(22-38(52)69)48(79)63-33/h23,25-29,31-37,41,68H,8-22,24H2,1-7H3,(H2,52,69)(H,55,58)(H,56,74)(H,59,80)(H,60,76)(H,61,81)(H,62,73)(H,63,79)(H,64,77)(H,65,78)(H,66,75)(H,67,70)(H,71,72)(H4,53,54,57)/t28-,29+,31-,32-,33-,34-,35-,36-,37-,41-/m0/s1. The number of aliphatic hydroxyl groups is 1. The van der Waals surface area contributed by atoms with Gasteiger partial charge >= 0.3 is 5.97 Å². The molecular formula is C51H86N16O15. The third-order valence-electron chi connectivity index (χ3n) is 12.6. The fourth-order valence-corrected chi connectivity index (χ4v) is 8.35. The molecule has 10 atom stereocenters. The Balaban J connectivity index is 2.65. The van der Waals surface area contributed by atoms with Gasteiger partial charge in [0.05, 0.1) is 25.5 Å². The van der Waals surface area contributed by atoms with Gasteiger partial charge in [-0.3, -0.25) is 62.5 Å². The number of aromatic amines is 1. The second-order valence-electron chi connectivity index (χ2n) is 20.9. The van der Waals surface area contributed by atoms with Gasteiger partial charge in [-0.15, -0.1) is 0 Å². The summed E-state index contributed by atoms with van der Waals surface area (Å²) in [5.74, 6) is -11.9. The number of nitrogens with two attached hydrogens (primary N) is 3. The number of H-pyrrole nitrogens is 1. The molecule has 0 spiro atoms. The van der Waals surface area contributed by atoms with Crippen LogP contribution in [0.25, 0.3) is 0 Å². The zero-order valence-corrected chi connectivity index (χ0v) is 47.7. The van der Waals surface area contributed by atoms with Crippen molar-refractivity contribution in [2.24, 2.45) is 34.0 Å². The van der Waals surface area contributed by atoms with Crippen molar-refractivity contribution >= 4 is 76.9 Å². The van der Waals surface area contributed by atoms with E-state index in [1.165, 1.54) is 33.5 Å². The lowest BCUT2D eigenvalue weighted by atomic mass is 10.0. The van der Waals surface area contributed by atoms with Crippen molar-refractivity contribution in [3.63, 3.8) is 0 Å². The van der Waals surface area contributed by atoms with E-state index in [4.69, 9.17) is 21.9 Å². The predicted molar refractivity (Wildman–Crippen MR) is 294 cm³/mol. The smallest absolute Gasteiger partial charge is 0.303 e. The van der Waals surface area contributed by atoms with Crippen LogP contribution in [-0.4, -0.2) is 184 Å². The first-order valence-corrected chi connectivity index (χ1v) is 27.3. The molecule has 31 nitrogen and oxygen atoms in total. The molecule has 0 aromatic carbocycles. The molecule has 1 fully saturated rings. The first-order valence-electron chi connectivity index (χ1n) is 27.3. The Morgan fingerprint density at radius 1 is 0.646 bits per heavy atom. The van der Waals surface area contributed by atoms with E-state index in [2.05, 4.69) is 68.1 Å². The first kappa shape index (κ1) is 70.1. The van der Waals surface area contributed by atoms with E-state index in [9.17, 15) is 67.7 Å². The summed E-state index contributed by atoms with van der Waals surface area (Å²) >= 11 is 0. The first-order chi connectivity index (χ1) is 38.6. The van der Waals surface area contributed by atoms with Gasteiger partial charge in [0, 0.05) is 51.4 Å². The zero-order chi connectivity index (χ0) is 61.6. The van der Waals surface area contributed by atoms with Gasteiger partial charge in [-0.1, -0.05) is 40.5 Å². The Labute approximate surface area is 475 Å². The van der Waals surface area contributed by atoms with Crippen molar-refractivity contribution < 1.29 is 72.5 Å². The number of aliphatic carboxylic acids is 1. The van der Waals surface area contributed by atoms with Crippen molar-refractivity contribution in [1.29, 1.82) is 0 Å². The summed E-state index contributed by atoms with van der Waals surface area (Å²) in [4.78, 5) is 173. The summed E-state index contributed by atoms with van der Waals surface area (Å²) in [6.45, 7) is 9.23. The number of nitrogens with one attached hydrogen (secondary N) is 11. The van der Waals surface area contributed by atoms with Crippen molar-refractivity contribution in [3.05, 3.63) is 18.2 Å². The van der Waals surface area contributed by atoms with Crippen molar-refractivity contribution in [2.75, 3.05) is 26.8 Å². The third kappa shape index (κ3) is 27.0. The number of carboxylic acid groups (broad SMARTS) is 1. The average molecular weight is 1160 g/mol. The molecule has 82 heavy (non-hydrogen) atoms. The number of carboxylic acids is 1. The van der Waals surface area contributed by atoms with Gasteiger partial charge in [-0.25, -0.2) is 4.98 Å². The number of aromatic nitrogens is 2. The van der Waals surface area contributed by atoms with E-state index in [1.54, 1.807) is 13.8 Å². The monoisotopic (exact) mass is 1160 g/mol. The van der Waals surface area contributed by atoms with Crippen LogP contribution in [0.3, 0.4) is 0 Å². The molecule has 2 heterocycles. The highest BCUT2D eigenvalue weighted by molar-refractivity contribution is 5.99. The molecule has 0 aliphatic carbocycles. The lowest BCUT2D eigenvalue weighted by Crippen LogP contribution is -2.61. The highest BCUT2D eigenvalue weighted by Crippen LogP contribution is 2.12. The average Bonchev–Trinajstić information content (AvgIpc) is 3.93. The predicted octanol–water partition coefficient (Wildman–Crippen LogP) is -4.67. The summed E-state index contributed by atoms with van der Waals surface area (Å²) in [6, 6.07) is -13.4. The van der Waals surface area contributed by atoms with Crippen LogP contribution in [0.4, 0.5) is 0 Å². The fourth-order valence-electron chi connectivity index (χ4n) is 8.35. The van der Waals surface area contributed by atoms with Crippen LogP contribution in [0.1, 0.15) is 124 Å². The summed E-state index contributed by atoms with van der Waals surface area (Å²) < 4.78 is 5.21. The molecule has 0 saturated carbocycles. The molecule has 1 aliphatic heterocycles. The molecular weight excluding hydrogens is 1080 g/mol. The molecule has 1 aromatic heterocycles. The maximum atomic E-state index is 14.2. The number of methoxy groups -OCH3 is 1. The van der Waals surface area contributed by atoms with E-state index < -0.39 is 157 Å². The number of nitrogens with zero attached hydrogens (tertiary/aromatic N) is 2. The number of ether oxygens (including phenoxy) is 1. The van der Waals surface area contributed by atoms with Crippen LogP contribution in [0.15, 0.2) is 17.5 Å². The van der Waals surface area contributed by atoms with Crippen LogP contribution in [-0.2, 0) is 68.7 Å². The number of hydrogen-bond acceptors (Lipinski definition) is 16. The Morgan fingerprint density at radius 2 is 1.16 bits per heavy atom. The summed E-state index contributed by atoms with van der Waals surface area (Å²) in [5, 5.41) is 45.4. The fraction of sp³-hybridized carbons (Fsp3) is 0.686. The van der Waals surface area contributed by atoms with Gasteiger partial charge in [0.2, 0.25) is 65.0 Å². The highest BCUT2D eigenvalue weighted by Gasteiger charge is 2.36. The number of carbonyl (C=O) groups is 12. The van der Waals surface area contributed by atoms with Crippen LogP contribution in [0.5, 0.6) is 0 Å². The van der Waals surface area contributed by atoms with Gasteiger partial charge < -0.3 is 90.3 Å². The largest absolute Gasteiger partial charge is 0.481 e. The molecule has 0 unspecified atom stereocenters. The number of imidazole rings is 1. The Bertz CT molecular complexity index is 2350. The molecule has 31 heteroatoms. The van der Waals surface area contributed by atoms with Gasteiger partial charge in [0.15, 0.2) is 5.96 Å². The minimum absolute atomic E-state index is 0.000155. The summed E-state index contributed by atoms with van der Waals surface area (Å²) in [7, 11) is 1.21. The van der Waals surface area contributed by atoms with Gasteiger partial charge in [-0.2, -0.15) is 0 Å². The second-order valence-corrected chi connectivity index (χ2v) is 20.9. The third-order valence-corrected chi connectivity index (χ3v) is 12.6. The SMILES string of the molecule is COC[C@@H]1NC(=O)[C@H](CCCN=C(N)N)NC(=O)[C@H](CCC(=O)O)NC(=O)[C@H]([C@@H](C)O)NC(=O)CCCCCCNC(=O)[C@H](CC(C)C)NC(=O)[C@H](CC(N)=O)NC(=O)[C@H](Cc2cnc[nH]2)NC(=O)[C@H](CC(C)C)NC(=O)[C@H](C)NC1=O. The summed E-state index contributed by atoms with van der Waals surface area (Å²) in [6.07, 6.45) is 0.669.